The highest BCUT2D eigenvalue weighted by molar-refractivity contribution is 6.02. The second-order valence-electron chi connectivity index (χ2n) is 4.66. The van der Waals surface area contributed by atoms with Gasteiger partial charge in [0.1, 0.15) is 11.4 Å². The Morgan fingerprint density at radius 1 is 1.32 bits per heavy atom. The number of nitrogens with zero attached hydrogens (tertiary/aromatic N) is 3. The number of aromatic amines is 1. The van der Waals surface area contributed by atoms with Gasteiger partial charge in [-0.2, -0.15) is 5.10 Å². The number of carbonyl (C=O) groups is 1. The Morgan fingerprint density at radius 2 is 2.09 bits per heavy atom. The summed E-state index contributed by atoms with van der Waals surface area (Å²) in [5.74, 6) is 0.900. The Bertz CT molecular complexity index is 775. The van der Waals surface area contributed by atoms with Crippen molar-refractivity contribution in [3.63, 3.8) is 0 Å². The van der Waals surface area contributed by atoms with Gasteiger partial charge < -0.3 is 9.72 Å². The first-order valence-electron chi connectivity index (χ1n) is 6.66. The molecular formula is C15H15N5O2. The number of H-pyrrole nitrogens is 1. The zero-order chi connectivity index (χ0) is 15.5. The van der Waals surface area contributed by atoms with Crippen molar-refractivity contribution in [2.24, 2.45) is 7.05 Å². The molecule has 1 aromatic carbocycles. The third-order valence-corrected chi connectivity index (χ3v) is 3.23. The number of ether oxygens (including phenoxy) is 1. The van der Waals surface area contributed by atoms with Crippen LogP contribution in [-0.2, 0) is 7.05 Å². The number of aryl methyl sites for hydroxylation is 1. The maximum absolute atomic E-state index is 12.2. The standard InChI is InChI=1S/C15H15N5O2/c1-20-13(14(21)18-15-16-7-8-17-15)9-12(19-20)10-3-5-11(22-2)6-4-10/h3-9H,1-2H3,(H2,16,17,18,21). The molecule has 7 heteroatoms. The highest BCUT2D eigenvalue weighted by Crippen LogP contribution is 2.22. The molecule has 3 aromatic rings. The minimum atomic E-state index is -0.273. The van der Waals surface area contributed by atoms with Crippen LogP contribution in [0, 0.1) is 0 Å². The minimum absolute atomic E-state index is 0.273. The second-order valence-corrected chi connectivity index (χ2v) is 4.66. The van der Waals surface area contributed by atoms with Crippen LogP contribution in [0.2, 0.25) is 0 Å². The summed E-state index contributed by atoms with van der Waals surface area (Å²) in [7, 11) is 3.34. The molecule has 7 nitrogen and oxygen atoms in total. The number of hydrogen-bond acceptors (Lipinski definition) is 4. The van der Waals surface area contributed by atoms with Gasteiger partial charge in [-0.15, -0.1) is 0 Å². The summed E-state index contributed by atoms with van der Waals surface area (Å²) in [6, 6.07) is 9.24. The van der Waals surface area contributed by atoms with Crippen molar-refractivity contribution in [1.29, 1.82) is 0 Å². The predicted octanol–water partition coefficient (Wildman–Crippen LogP) is 2.07. The molecule has 0 aliphatic rings. The summed E-state index contributed by atoms with van der Waals surface area (Å²) in [6.45, 7) is 0. The van der Waals surface area contributed by atoms with Gasteiger partial charge >= 0.3 is 0 Å². The number of rotatable bonds is 4. The van der Waals surface area contributed by atoms with Gasteiger partial charge in [0.25, 0.3) is 5.91 Å². The van der Waals surface area contributed by atoms with E-state index in [0.29, 0.717) is 11.6 Å². The predicted molar refractivity (Wildman–Crippen MR) is 81.7 cm³/mol. The zero-order valence-electron chi connectivity index (χ0n) is 12.2. The topological polar surface area (TPSA) is 84.8 Å². The molecule has 0 saturated heterocycles. The lowest BCUT2D eigenvalue weighted by molar-refractivity contribution is 0.101. The Kier molecular flexibility index (Phi) is 3.61. The fourth-order valence-corrected chi connectivity index (χ4v) is 2.09. The van der Waals surface area contributed by atoms with Gasteiger partial charge in [0.2, 0.25) is 5.95 Å². The molecule has 0 spiro atoms. The molecule has 22 heavy (non-hydrogen) atoms. The molecule has 3 rings (SSSR count). The number of benzene rings is 1. The fourth-order valence-electron chi connectivity index (χ4n) is 2.09. The van der Waals surface area contributed by atoms with Crippen LogP contribution < -0.4 is 10.1 Å². The molecule has 0 bridgehead atoms. The summed E-state index contributed by atoms with van der Waals surface area (Å²) < 4.78 is 6.67. The van der Waals surface area contributed by atoms with Crippen LogP contribution in [-0.4, -0.2) is 32.8 Å². The van der Waals surface area contributed by atoms with Crippen LogP contribution in [0.5, 0.6) is 5.75 Å². The number of aromatic nitrogens is 4. The van der Waals surface area contributed by atoms with Gasteiger partial charge in [-0.05, 0) is 30.3 Å². The van der Waals surface area contributed by atoms with E-state index < -0.39 is 0 Å². The van der Waals surface area contributed by atoms with Crippen LogP contribution in [0.15, 0.2) is 42.7 Å². The van der Waals surface area contributed by atoms with Gasteiger partial charge in [0, 0.05) is 25.0 Å². The SMILES string of the molecule is COc1ccc(-c2cc(C(=O)Nc3ncc[nH]3)n(C)n2)cc1. The molecule has 112 valence electrons. The van der Waals surface area contributed by atoms with Crippen molar-refractivity contribution in [2.75, 3.05) is 12.4 Å². The molecule has 0 aliphatic heterocycles. The fraction of sp³-hybridized carbons (Fsp3) is 0.133. The van der Waals surface area contributed by atoms with E-state index in [9.17, 15) is 4.79 Å². The summed E-state index contributed by atoms with van der Waals surface area (Å²) in [4.78, 5) is 19.0. The molecule has 1 amide bonds. The number of hydrogen-bond donors (Lipinski definition) is 2. The monoisotopic (exact) mass is 297 g/mol. The molecule has 0 aliphatic carbocycles. The molecule has 0 radical (unpaired) electrons. The van der Waals surface area contributed by atoms with Crippen molar-refractivity contribution in [3.05, 3.63) is 48.4 Å². The maximum Gasteiger partial charge on any atom is 0.276 e. The Hall–Kier alpha value is -3.09. The molecule has 0 atom stereocenters. The van der Waals surface area contributed by atoms with E-state index in [4.69, 9.17) is 4.74 Å². The van der Waals surface area contributed by atoms with Crippen molar-refractivity contribution < 1.29 is 9.53 Å². The number of carbonyl (C=O) groups excluding carboxylic acids is 1. The maximum atomic E-state index is 12.2. The van der Waals surface area contributed by atoms with Crippen LogP contribution >= 0.6 is 0 Å². The average molecular weight is 297 g/mol. The van der Waals surface area contributed by atoms with E-state index in [0.717, 1.165) is 17.0 Å². The normalized spacial score (nSPS) is 10.5. The summed E-state index contributed by atoms with van der Waals surface area (Å²) in [6.07, 6.45) is 3.21. The van der Waals surface area contributed by atoms with E-state index in [2.05, 4.69) is 20.4 Å². The molecule has 2 heterocycles. The smallest absolute Gasteiger partial charge is 0.276 e. The average Bonchev–Trinajstić information content (AvgIpc) is 3.17. The first kappa shape index (κ1) is 13.9. The highest BCUT2D eigenvalue weighted by atomic mass is 16.5. The molecule has 0 unspecified atom stereocenters. The van der Waals surface area contributed by atoms with Gasteiger partial charge in [0.15, 0.2) is 0 Å². The molecule has 2 aromatic heterocycles. The number of methoxy groups -OCH3 is 1. The lowest BCUT2D eigenvalue weighted by Gasteiger charge is -2.01. The van der Waals surface area contributed by atoms with Gasteiger partial charge in [-0.25, -0.2) is 4.98 Å². The van der Waals surface area contributed by atoms with Crippen molar-refractivity contribution in [2.45, 2.75) is 0 Å². The quantitative estimate of drug-likeness (QED) is 0.772. The summed E-state index contributed by atoms with van der Waals surface area (Å²) >= 11 is 0. The van der Waals surface area contributed by atoms with Crippen molar-refractivity contribution in [3.8, 4) is 17.0 Å². The third kappa shape index (κ3) is 2.69. The van der Waals surface area contributed by atoms with E-state index >= 15 is 0 Å². The molecular weight excluding hydrogens is 282 g/mol. The van der Waals surface area contributed by atoms with Crippen LogP contribution in [0.1, 0.15) is 10.5 Å². The van der Waals surface area contributed by atoms with E-state index in [-0.39, 0.29) is 5.91 Å². The van der Waals surface area contributed by atoms with Gasteiger partial charge in [0.05, 0.1) is 12.8 Å². The molecule has 0 saturated carbocycles. The molecule has 2 N–H and O–H groups in total. The Morgan fingerprint density at radius 3 is 2.73 bits per heavy atom. The summed E-state index contributed by atoms with van der Waals surface area (Å²) in [5.41, 5.74) is 2.07. The number of imidazole rings is 1. The van der Waals surface area contributed by atoms with E-state index in [1.54, 1.807) is 32.6 Å². The largest absolute Gasteiger partial charge is 0.497 e. The number of nitrogens with one attached hydrogen (secondary N) is 2. The highest BCUT2D eigenvalue weighted by Gasteiger charge is 2.15. The first-order chi connectivity index (χ1) is 10.7. The van der Waals surface area contributed by atoms with Gasteiger partial charge in [-0.3, -0.25) is 14.8 Å². The van der Waals surface area contributed by atoms with Crippen LogP contribution in [0.25, 0.3) is 11.3 Å². The van der Waals surface area contributed by atoms with Gasteiger partial charge in [-0.1, -0.05) is 0 Å². The Balaban J connectivity index is 1.84. The zero-order valence-corrected chi connectivity index (χ0v) is 12.2. The van der Waals surface area contributed by atoms with E-state index in [1.807, 2.05) is 24.3 Å². The number of amides is 1. The van der Waals surface area contributed by atoms with Crippen molar-refractivity contribution in [1.82, 2.24) is 19.7 Å². The summed E-state index contributed by atoms with van der Waals surface area (Å²) in [5, 5.41) is 7.05. The minimum Gasteiger partial charge on any atom is -0.497 e. The van der Waals surface area contributed by atoms with E-state index in [1.165, 1.54) is 4.68 Å². The lowest BCUT2D eigenvalue weighted by Crippen LogP contribution is -2.16. The van der Waals surface area contributed by atoms with Crippen LogP contribution in [0.4, 0.5) is 5.95 Å². The van der Waals surface area contributed by atoms with Crippen LogP contribution in [0.3, 0.4) is 0 Å². The Labute approximate surface area is 127 Å². The second kappa shape index (κ2) is 5.72. The lowest BCUT2D eigenvalue weighted by atomic mass is 10.1. The number of anilines is 1. The van der Waals surface area contributed by atoms with Crippen molar-refractivity contribution >= 4 is 11.9 Å². The third-order valence-electron chi connectivity index (χ3n) is 3.23. The molecule has 0 fully saturated rings. The first-order valence-corrected chi connectivity index (χ1v) is 6.66.